The predicted molar refractivity (Wildman–Crippen MR) is 104 cm³/mol. The van der Waals surface area contributed by atoms with Crippen LogP contribution in [-0.2, 0) is 13.6 Å². The van der Waals surface area contributed by atoms with Crippen LogP contribution in [0.5, 0.6) is 5.75 Å². The van der Waals surface area contributed by atoms with Crippen molar-refractivity contribution in [3.63, 3.8) is 0 Å². The first kappa shape index (κ1) is 17.3. The summed E-state index contributed by atoms with van der Waals surface area (Å²) in [5, 5.41) is 0.774. The number of nitrogens with zero attached hydrogens (tertiary/aromatic N) is 4. The number of halogens is 1. The van der Waals surface area contributed by atoms with Gasteiger partial charge in [-0.15, -0.1) is 0 Å². The first-order valence-electron chi connectivity index (χ1n) is 8.98. The van der Waals surface area contributed by atoms with E-state index in [2.05, 4.69) is 33.6 Å². The van der Waals surface area contributed by atoms with E-state index in [4.69, 9.17) is 21.3 Å². The molecule has 1 fully saturated rings. The molecule has 0 aliphatic carbocycles. The number of aromatic nitrogens is 3. The van der Waals surface area contributed by atoms with Gasteiger partial charge in [-0.2, -0.15) is 0 Å². The second-order valence-corrected chi connectivity index (χ2v) is 7.31. The highest BCUT2D eigenvalue weighted by atomic mass is 35.5. The molecule has 3 heterocycles. The fourth-order valence-electron chi connectivity index (χ4n) is 3.84. The minimum Gasteiger partial charge on any atom is -0.496 e. The van der Waals surface area contributed by atoms with Crippen LogP contribution in [0, 0.1) is 0 Å². The summed E-state index contributed by atoms with van der Waals surface area (Å²) in [4.78, 5) is 11.5. The fraction of sp³-hybridized carbons (Fsp3) is 0.400. The number of ether oxygens (including phenoxy) is 1. The Labute approximate surface area is 158 Å². The molecule has 0 spiro atoms. The summed E-state index contributed by atoms with van der Waals surface area (Å²) in [6, 6.07) is 9.93. The maximum Gasteiger partial charge on any atom is 0.177 e. The summed E-state index contributed by atoms with van der Waals surface area (Å²) >= 11 is 6.20. The standard InChI is InChI=1S/C20H23ClN4O/c1-24-17-4-3-9-22-20(17)23-19(24)13-25-10-7-14(8-11-25)16-12-15(21)5-6-18(16)26-2/h3-6,9,12,14H,7-8,10-11,13H2,1-2H3. The van der Waals surface area contributed by atoms with E-state index in [1.54, 1.807) is 13.3 Å². The topological polar surface area (TPSA) is 43.2 Å². The van der Waals surface area contributed by atoms with Crippen LogP contribution in [0.15, 0.2) is 36.5 Å². The zero-order valence-electron chi connectivity index (χ0n) is 15.2. The van der Waals surface area contributed by atoms with E-state index in [1.165, 1.54) is 5.56 Å². The molecule has 0 amide bonds. The van der Waals surface area contributed by atoms with Gasteiger partial charge in [-0.25, -0.2) is 9.97 Å². The Bertz CT molecular complexity index is 915. The van der Waals surface area contributed by atoms with Gasteiger partial charge in [-0.05, 0) is 67.7 Å². The van der Waals surface area contributed by atoms with Gasteiger partial charge in [0.25, 0.3) is 0 Å². The van der Waals surface area contributed by atoms with Crippen LogP contribution >= 0.6 is 11.6 Å². The lowest BCUT2D eigenvalue weighted by Gasteiger charge is -2.32. The van der Waals surface area contributed by atoms with Gasteiger partial charge >= 0.3 is 0 Å². The van der Waals surface area contributed by atoms with Crippen molar-refractivity contribution in [1.29, 1.82) is 0 Å². The Balaban J connectivity index is 1.45. The molecule has 0 bridgehead atoms. The van der Waals surface area contributed by atoms with Crippen LogP contribution in [0.3, 0.4) is 0 Å². The molecule has 1 aromatic carbocycles. The summed E-state index contributed by atoms with van der Waals surface area (Å²) in [6.07, 6.45) is 3.99. The summed E-state index contributed by atoms with van der Waals surface area (Å²) in [5.41, 5.74) is 3.14. The van der Waals surface area contributed by atoms with Gasteiger partial charge in [0, 0.05) is 18.3 Å². The first-order valence-corrected chi connectivity index (χ1v) is 9.35. The van der Waals surface area contributed by atoms with Gasteiger partial charge in [0.1, 0.15) is 11.6 Å². The number of hydrogen-bond acceptors (Lipinski definition) is 4. The highest BCUT2D eigenvalue weighted by molar-refractivity contribution is 6.30. The Hall–Kier alpha value is -2.11. The molecule has 6 heteroatoms. The minimum atomic E-state index is 0.488. The van der Waals surface area contributed by atoms with Crippen molar-refractivity contribution in [1.82, 2.24) is 19.4 Å². The van der Waals surface area contributed by atoms with Crippen LogP contribution in [0.2, 0.25) is 5.02 Å². The average molecular weight is 371 g/mol. The van der Waals surface area contributed by atoms with Crippen molar-refractivity contribution in [2.24, 2.45) is 7.05 Å². The molecule has 1 saturated heterocycles. The third-order valence-corrected chi connectivity index (χ3v) is 5.57. The molecule has 26 heavy (non-hydrogen) atoms. The Morgan fingerprint density at radius 2 is 2.04 bits per heavy atom. The lowest BCUT2D eigenvalue weighted by molar-refractivity contribution is 0.197. The predicted octanol–water partition coefficient (Wildman–Crippen LogP) is 4.01. The summed E-state index contributed by atoms with van der Waals surface area (Å²) < 4.78 is 7.68. The first-order chi connectivity index (χ1) is 12.7. The molecule has 5 nitrogen and oxygen atoms in total. The molecule has 3 aromatic rings. The quantitative estimate of drug-likeness (QED) is 0.696. The lowest BCUT2D eigenvalue weighted by atomic mass is 9.89. The van der Waals surface area contributed by atoms with Crippen molar-refractivity contribution >= 4 is 22.8 Å². The Morgan fingerprint density at radius 1 is 1.23 bits per heavy atom. The average Bonchev–Trinajstić information content (AvgIpc) is 2.98. The van der Waals surface area contributed by atoms with Gasteiger partial charge in [0.05, 0.1) is 19.2 Å². The zero-order chi connectivity index (χ0) is 18.1. The number of imidazole rings is 1. The number of pyridine rings is 1. The number of piperidine rings is 1. The molecule has 1 aliphatic rings. The van der Waals surface area contributed by atoms with Crippen molar-refractivity contribution < 1.29 is 4.74 Å². The lowest BCUT2D eigenvalue weighted by Crippen LogP contribution is -2.33. The number of benzene rings is 1. The summed E-state index contributed by atoms with van der Waals surface area (Å²) in [5.74, 6) is 2.49. The van der Waals surface area contributed by atoms with Crippen LogP contribution in [0.4, 0.5) is 0 Å². The molecule has 0 unspecified atom stereocenters. The maximum absolute atomic E-state index is 6.20. The fourth-order valence-corrected chi connectivity index (χ4v) is 4.02. The van der Waals surface area contributed by atoms with Gasteiger partial charge in [-0.3, -0.25) is 4.90 Å². The van der Waals surface area contributed by atoms with Crippen LogP contribution < -0.4 is 4.74 Å². The molecule has 2 aromatic heterocycles. The second-order valence-electron chi connectivity index (χ2n) is 6.87. The summed E-state index contributed by atoms with van der Waals surface area (Å²) in [7, 11) is 3.79. The normalized spacial score (nSPS) is 16.3. The molecule has 0 radical (unpaired) electrons. The highest BCUT2D eigenvalue weighted by Gasteiger charge is 2.24. The van der Waals surface area contributed by atoms with Gasteiger partial charge in [0.15, 0.2) is 5.65 Å². The number of aryl methyl sites for hydroxylation is 1. The number of rotatable bonds is 4. The van der Waals surface area contributed by atoms with E-state index in [0.29, 0.717) is 5.92 Å². The van der Waals surface area contributed by atoms with Gasteiger partial charge in [0.2, 0.25) is 0 Å². The molecular weight excluding hydrogens is 348 g/mol. The third-order valence-electron chi connectivity index (χ3n) is 5.33. The van der Waals surface area contributed by atoms with E-state index in [-0.39, 0.29) is 0 Å². The second kappa shape index (κ2) is 7.25. The molecule has 0 saturated carbocycles. The van der Waals surface area contributed by atoms with Crippen LogP contribution in [0.25, 0.3) is 11.2 Å². The van der Waals surface area contributed by atoms with E-state index in [9.17, 15) is 0 Å². The summed E-state index contributed by atoms with van der Waals surface area (Å²) in [6.45, 7) is 2.93. The molecule has 1 aliphatic heterocycles. The highest BCUT2D eigenvalue weighted by Crippen LogP contribution is 2.36. The van der Waals surface area contributed by atoms with E-state index < -0.39 is 0 Å². The molecule has 0 atom stereocenters. The third kappa shape index (κ3) is 3.29. The molecule has 136 valence electrons. The number of likely N-dealkylation sites (tertiary alicyclic amines) is 1. The van der Waals surface area contributed by atoms with Gasteiger partial charge in [-0.1, -0.05) is 11.6 Å². The molecule has 4 rings (SSSR count). The smallest absolute Gasteiger partial charge is 0.177 e. The SMILES string of the molecule is COc1ccc(Cl)cc1C1CCN(Cc2nc3ncccc3n2C)CC1. The Morgan fingerprint density at radius 3 is 2.77 bits per heavy atom. The number of hydrogen-bond donors (Lipinski definition) is 0. The van der Waals surface area contributed by atoms with Crippen molar-refractivity contribution in [2.75, 3.05) is 20.2 Å². The van der Waals surface area contributed by atoms with E-state index in [1.807, 2.05) is 18.2 Å². The zero-order valence-corrected chi connectivity index (χ0v) is 15.9. The van der Waals surface area contributed by atoms with Crippen molar-refractivity contribution in [2.45, 2.75) is 25.3 Å². The van der Waals surface area contributed by atoms with Crippen LogP contribution in [-0.4, -0.2) is 39.6 Å². The van der Waals surface area contributed by atoms with Crippen molar-refractivity contribution in [3.8, 4) is 5.75 Å². The minimum absolute atomic E-state index is 0.488. The van der Waals surface area contributed by atoms with Crippen LogP contribution in [0.1, 0.15) is 30.1 Å². The molecule has 0 N–H and O–H groups in total. The van der Waals surface area contributed by atoms with E-state index >= 15 is 0 Å². The molecular formula is C20H23ClN4O. The number of methoxy groups -OCH3 is 1. The monoisotopic (exact) mass is 370 g/mol. The largest absolute Gasteiger partial charge is 0.496 e. The van der Waals surface area contributed by atoms with Crippen molar-refractivity contribution in [3.05, 3.63) is 52.9 Å². The Kier molecular flexibility index (Phi) is 4.83. The van der Waals surface area contributed by atoms with E-state index in [0.717, 1.165) is 60.2 Å². The maximum atomic E-state index is 6.20. The van der Waals surface area contributed by atoms with Gasteiger partial charge < -0.3 is 9.30 Å². The number of fused-ring (bicyclic) bond motifs is 1.